The van der Waals surface area contributed by atoms with Crippen LogP contribution in [0, 0.1) is 0 Å². The molecule has 1 aliphatic heterocycles. The van der Waals surface area contributed by atoms with Crippen LogP contribution in [-0.2, 0) is 10.2 Å². The number of carbonyl (C=O) groups is 2. The number of aromatic nitrogens is 3. The Bertz CT molecular complexity index is 1590. The van der Waals surface area contributed by atoms with Crippen LogP contribution in [0.15, 0.2) is 30.3 Å². The third-order valence-electron chi connectivity index (χ3n) is 8.07. The maximum absolute atomic E-state index is 13.3. The van der Waals surface area contributed by atoms with Crippen molar-refractivity contribution in [3.8, 4) is 17.0 Å². The Morgan fingerprint density at radius 3 is 2.28 bits per heavy atom. The van der Waals surface area contributed by atoms with Crippen molar-refractivity contribution < 1.29 is 22.7 Å². The van der Waals surface area contributed by atoms with E-state index in [9.17, 15) is 18.0 Å². The van der Waals surface area contributed by atoms with Gasteiger partial charge in [-0.05, 0) is 57.5 Å². The molecule has 1 N–H and O–H groups in total. The lowest BCUT2D eigenvalue weighted by atomic mass is 9.95. The summed E-state index contributed by atoms with van der Waals surface area (Å²) < 4.78 is 36.1. The minimum atomic E-state index is -4.05. The van der Waals surface area contributed by atoms with Crippen LogP contribution in [-0.4, -0.2) is 103 Å². The minimum absolute atomic E-state index is 0.0255. The van der Waals surface area contributed by atoms with Crippen LogP contribution >= 0.6 is 0 Å². The van der Waals surface area contributed by atoms with Gasteiger partial charge < -0.3 is 14.5 Å². The van der Waals surface area contributed by atoms with Gasteiger partial charge in [0.2, 0.25) is 5.88 Å². The second kappa shape index (κ2) is 12.6. The van der Waals surface area contributed by atoms with E-state index in [0.29, 0.717) is 41.1 Å². The summed E-state index contributed by atoms with van der Waals surface area (Å²) in [5, 5.41) is 5.51. The van der Waals surface area contributed by atoms with Crippen LogP contribution in [0.25, 0.3) is 22.2 Å². The Morgan fingerprint density at radius 1 is 1.02 bits per heavy atom. The van der Waals surface area contributed by atoms with Gasteiger partial charge in [-0.25, -0.2) is 14.4 Å². The number of pyridine rings is 1. The molecule has 1 aromatic carbocycles. The van der Waals surface area contributed by atoms with Crippen molar-refractivity contribution in [3.05, 3.63) is 41.6 Å². The highest BCUT2D eigenvalue weighted by Crippen LogP contribution is 2.39. The number of ether oxygens (including phenoxy) is 1. The first-order valence-electron chi connectivity index (χ1n) is 14.9. The summed E-state index contributed by atoms with van der Waals surface area (Å²) in [6, 6.07) is 8.90. The zero-order valence-electron chi connectivity index (χ0n) is 25.5. The number of benzene rings is 1. The van der Waals surface area contributed by atoms with E-state index in [1.165, 1.54) is 14.1 Å². The molecule has 232 valence electrons. The monoisotopic (exact) mass is 611 g/mol. The molecule has 0 bridgehead atoms. The lowest BCUT2D eigenvalue weighted by Gasteiger charge is -2.32. The fourth-order valence-electron chi connectivity index (χ4n) is 5.58. The molecule has 2 aromatic heterocycles. The molecular weight excluding hydrogens is 570 g/mol. The summed E-state index contributed by atoms with van der Waals surface area (Å²) in [5.41, 5.74) is 2.33. The third-order valence-corrected chi connectivity index (χ3v) is 9.47. The molecule has 5 rings (SSSR count). The molecule has 1 saturated heterocycles. The molecule has 0 spiro atoms. The molecule has 2 amide bonds. The molecule has 13 heteroatoms. The van der Waals surface area contributed by atoms with Crippen LogP contribution in [0.4, 0.5) is 0 Å². The van der Waals surface area contributed by atoms with E-state index in [1.54, 1.807) is 18.2 Å². The van der Waals surface area contributed by atoms with Crippen molar-refractivity contribution in [1.82, 2.24) is 33.6 Å². The van der Waals surface area contributed by atoms with Gasteiger partial charge >= 0.3 is 10.2 Å². The predicted molar refractivity (Wildman–Crippen MR) is 164 cm³/mol. The number of piperazine rings is 1. The number of hydrogen-bond acceptors (Lipinski definition) is 8. The van der Waals surface area contributed by atoms with Crippen molar-refractivity contribution in [2.45, 2.75) is 58.1 Å². The fraction of sp³-hybridized carbons (Fsp3) is 0.533. The van der Waals surface area contributed by atoms with Gasteiger partial charge in [-0.2, -0.15) is 12.7 Å². The Balaban J connectivity index is 1.62. The van der Waals surface area contributed by atoms with Crippen molar-refractivity contribution in [3.63, 3.8) is 0 Å². The molecule has 0 unspecified atom stereocenters. The Kier molecular flexibility index (Phi) is 9.04. The molecule has 0 atom stereocenters. The molecule has 12 nitrogen and oxygen atoms in total. The molecule has 43 heavy (non-hydrogen) atoms. The van der Waals surface area contributed by atoms with E-state index >= 15 is 0 Å². The molecule has 2 aliphatic rings. The van der Waals surface area contributed by atoms with Crippen LogP contribution in [0.1, 0.15) is 72.8 Å². The molecule has 3 aromatic rings. The van der Waals surface area contributed by atoms with Gasteiger partial charge in [0.15, 0.2) is 5.65 Å². The number of fused-ring (bicyclic) bond motifs is 1. The normalized spacial score (nSPS) is 17.1. The van der Waals surface area contributed by atoms with Gasteiger partial charge in [-0.15, -0.1) is 5.10 Å². The summed E-state index contributed by atoms with van der Waals surface area (Å²) in [6.07, 6.45) is 4.95. The summed E-state index contributed by atoms with van der Waals surface area (Å²) in [4.78, 5) is 35.3. The second-order valence-corrected chi connectivity index (χ2v) is 13.7. The number of hydrogen-bond donors (Lipinski definition) is 1. The SMILES string of the molecule is CC(C)Oc1nn(C2CCCCC2)c2nc(C(=O)NS(=O)(=O)N(C)C)cc(-c3ccc(C(=O)N4CCN(C)CC4)cc3)c12. The highest BCUT2D eigenvalue weighted by Gasteiger charge is 2.28. The summed E-state index contributed by atoms with van der Waals surface area (Å²) in [6.45, 7) is 6.85. The van der Waals surface area contributed by atoms with Crippen molar-refractivity contribution in [1.29, 1.82) is 0 Å². The minimum Gasteiger partial charge on any atom is -0.473 e. The highest BCUT2D eigenvalue weighted by molar-refractivity contribution is 7.87. The number of carbonyl (C=O) groups excluding carboxylic acids is 2. The van der Waals surface area contributed by atoms with Crippen molar-refractivity contribution in [2.24, 2.45) is 0 Å². The summed E-state index contributed by atoms with van der Waals surface area (Å²) >= 11 is 0. The number of nitrogens with zero attached hydrogens (tertiary/aromatic N) is 6. The molecule has 0 radical (unpaired) electrons. The van der Waals surface area contributed by atoms with Crippen LogP contribution in [0.3, 0.4) is 0 Å². The Labute approximate surface area is 253 Å². The number of likely N-dealkylation sites (N-methyl/N-ethyl adjacent to an activating group) is 1. The van der Waals surface area contributed by atoms with Gasteiger partial charge in [-0.3, -0.25) is 9.59 Å². The quantitative estimate of drug-likeness (QED) is 0.411. The van der Waals surface area contributed by atoms with Gasteiger partial charge in [0.1, 0.15) is 5.69 Å². The molecule has 1 aliphatic carbocycles. The third kappa shape index (κ3) is 6.68. The smallest absolute Gasteiger partial charge is 0.303 e. The Morgan fingerprint density at radius 2 is 1.67 bits per heavy atom. The first-order chi connectivity index (χ1) is 20.4. The average Bonchev–Trinajstić information content (AvgIpc) is 3.34. The molecule has 2 fully saturated rings. The van der Waals surface area contributed by atoms with Crippen LogP contribution < -0.4 is 9.46 Å². The first-order valence-corrected chi connectivity index (χ1v) is 16.3. The van der Waals surface area contributed by atoms with Crippen LogP contribution in [0.2, 0.25) is 0 Å². The van der Waals surface area contributed by atoms with E-state index in [1.807, 2.05) is 42.6 Å². The van der Waals surface area contributed by atoms with E-state index in [0.717, 1.165) is 55.1 Å². The second-order valence-electron chi connectivity index (χ2n) is 11.9. The van der Waals surface area contributed by atoms with E-state index < -0.39 is 16.1 Å². The Hall–Kier alpha value is -3.55. The first kappa shape index (κ1) is 30.9. The van der Waals surface area contributed by atoms with Crippen molar-refractivity contribution >= 4 is 33.1 Å². The van der Waals surface area contributed by atoms with E-state index in [-0.39, 0.29) is 23.7 Å². The zero-order chi connectivity index (χ0) is 30.9. The predicted octanol–water partition coefficient (Wildman–Crippen LogP) is 3.31. The zero-order valence-corrected chi connectivity index (χ0v) is 26.4. The van der Waals surface area contributed by atoms with E-state index in [4.69, 9.17) is 9.84 Å². The summed E-state index contributed by atoms with van der Waals surface area (Å²) in [7, 11) is 0.688. The van der Waals surface area contributed by atoms with Gasteiger partial charge in [0.05, 0.1) is 17.5 Å². The fourth-order valence-corrected chi connectivity index (χ4v) is 6.10. The number of amides is 2. The molecule has 3 heterocycles. The van der Waals surface area contributed by atoms with E-state index in [2.05, 4.69) is 14.6 Å². The largest absolute Gasteiger partial charge is 0.473 e. The number of nitrogens with one attached hydrogen (secondary N) is 1. The molecular formula is C30H41N7O5S. The lowest BCUT2D eigenvalue weighted by molar-refractivity contribution is 0.0664. The van der Waals surface area contributed by atoms with Gasteiger partial charge in [-0.1, -0.05) is 31.4 Å². The van der Waals surface area contributed by atoms with Gasteiger partial charge in [0, 0.05) is 51.4 Å². The van der Waals surface area contributed by atoms with Gasteiger partial charge in [0.25, 0.3) is 11.8 Å². The maximum Gasteiger partial charge on any atom is 0.303 e. The summed E-state index contributed by atoms with van der Waals surface area (Å²) in [5.74, 6) is -0.465. The number of rotatable bonds is 8. The molecule has 1 saturated carbocycles. The van der Waals surface area contributed by atoms with Crippen LogP contribution in [0.5, 0.6) is 5.88 Å². The average molecular weight is 612 g/mol. The van der Waals surface area contributed by atoms with Crippen molar-refractivity contribution in [2.75, 3.05) is 47.3 Å². The highest BCUT2D eigenvalue weighted by atomic mass is 32.2. The maximum atomic E-state index is 13.3. The lowest BCUT2D eigenvalue weighted by Crippen LogP contribution is -2.47. The standard InChI is InChI=1S/C30H41N7O5S/c1-20(2)42-29-26-24(21-11-13-22(14-12-21)30(39)36-17-15-35(5)16-18-36)19-25(28(38)33-43(40,41)34(3)4)31-27(26)37(32-29)23-9-7-6-8-10-23/h11-14,19-20,23H,6-10,15-18H2,1-5H3,(H,33,38). The topological polar surface area (TPSA) is 130 Å².